The van der Waals surface area contributed by atoms with Crippen LogP contribution in [0.15, 0.2) is 85.1 Å². The minimum Gasteiger partial charge on any atom is -0.489 e. The molecule has 0 spiro atoms. The fourth-order valence-electron chi connectivity index (χ4n) is 3.26. The summed E-state index contributed by atoms with van der Waals surface area (Å²) in [7, 11) is 1.39. The molecule has 140 valence electrons. The van der Waals surface area contributed by atoms with Gasteiger partial charge in [-0.15, -0.1) is 0 Å². The summed E-state index contributed by atoms with van der Waals surface area (Å²) in [6, 6.07) is 25.8. The fraction of sp³-hybridized carbons (Fsp3) is 0.125. The van der Waals surface area contributed by atoms with E-state index in [-0.39, 0.29) is 5.97 Å². The molecule has 0 aliphatic heterocycles. The summed E-state index contributed by atoms with van der Waals surface area (Å²) < 4.78 is 12.9. The van der Waals surface area contributed by atoms with E-state index < -0.39 is 0 Å². The highest BCUT2D eigenvalue weighted by atomic mass is 16.5. The van der Waals surface area contributed by atoms with Gasteiger partial charge in [0.15, 0.2) is 0 Å². The van der Waals surface area contributed by atoms with Crippen molar-refractivity contribution in [2.75, 3.05) is 7.11 Å². The van der Waals surface area contributed by atoms with Crippen molar-refractivity contribution in [3.05, 3.63) is 102 Å². The molecule has 4 rings (SSSR count). The summed E-state index contributed by atoms with van der Waals surface area (Å²) >= 11 is 0. The predicted molar refractivity (Wildman–Crippen MR) is 110 cm³/mol. The number of fused-ring (bicyclic) bond motifs is 1. The molecule has 28 heavy (non-hydrogen) atoms. The van der Waals surface area contributed by atoms with E-state index in [1.54, 1.807) is 6.07 Å². The Morgan fingerprint density at radius 3 is 2.54 bits per heavy atom. The lowest BCUT2D eigenvalue weighted by Crippen LogP contribution is -2.03. The number of carbonyl (C=O) groups is 1. The molecule has 0 N–H and O–H groups in total. The molecule has 0 bridgehead atoms. The molecule has 1 heterocycles. The maximum Gasteiger partial charge on any atom is 0.337 e. The number of carbonyl (C=O) groups excluding carboxylic acids is 1. The molecule has 4 aromatic rings. The Morgan fingerprint density at radius 2 is 1.71 bits per heavy atom. The third kappa shape index (κ3) is 3.91. The topological polar surface area (TPSA) is 40.5 Å². The number of nitrogens with zero attached hydrogens (tertiary/aromatic N) is 1. The van der Waals surface area contributed by atoms with Crippen molar-refractivity contribution in [3.8, 4) is 5.75 Å². The zero-order valence-corrected chi connectivity index (χ0v) is 15.7. The first-order chi connectivity index (χ1) is 13.7. The first-order valence-corrected chi connectivity index (χ1v) is 9.16. The van der Waals surface area contributed by atoms with E-state index in [0.717, 1.165) is 27.8 Å². The van der Waals surface area contributed by atoms with Crippen LogP contribution in [0.3, 0.4) is 0 Å². The smallest absolute Gasteiger partial charge is 0.337 e. The van der Waals surface area contributed by atoms with Gasteiger partial charge in [0, 0.05) is 23.6 Å². The second-order valence-corrected chi connectivity index (χ2v) is 6.63. The maximum atomic E-state index is 11.7. The van der Waals surface area contributed by atoms with Crippen LogP contribution in [0, 0.1) is 0 Å². The lowest BCUT2D eigenvalue weighted by atomic mass is 10.1. The standard InChI is InChI=1S/C24H21NO3/c1-27-24(26)21-9-5-8-19(14-21)16-25-13-12-20-15-22(10-11-23(20)25)28-17-18-6-3-2-4-7-18/h2-15H,16-17H2,1H3. The summed E-state index contributed by atoms with van der Waals surface area (Å²) in [5, 5.41) is 1.12. The van der Waals surface area contributed by atoms with Gasteiger partial charge >= 0.3 is 5.97 Å². The quantitative estimate of drug-likeness (QED) is 0.445. The minimum atomic E-state index is -0.320. The lowest BCUT2D eigenvalue weighted by Gasteiger charge is -2.09. The van der Waals surface area contributed by atoms with Gasteiger partial charge in [-0.05, 0) is 47.5 Å². The molecule has 0 atom stereocenters. The fourth-order valence-corrected chi connectivity index (χ4v) is 3.26. The molecule has 0 radical (unpaired) electrons. The van der Waals surface area contributed by atoms with Gasteiger partial charge in [0.25, 0.3) is 0 Å². The molecule has 0 amide bonds. The van der Waals surface area contributed by atoms with Crippen molar-refractivity contribution in [3.63, 3.8) is 0 Å². The van der Waals surface area contributed by atoms with Crippen molar-refractivity contribution < 1.29 is 14.3 Å². The van der Waals surface area contributed by atoms with Crippen molar-refractivity contribution in [2.45, 2.75) is 13.2 Å². The van der Waals surface area contributed by atoms with E-state index in [4.69, 9.17) is 9.47 Å². The monoisotopic (exact) mass is 371 g/mol. The highest BCUT2D eigenvalue weighted by Gasteiger charge is 2.08. The van der Waals surface area contributed by atoms with Crippen LogP contribution in [0.25, 0.3) is 10.9 Å². The Kier molecular flexibility index (Phi) is 5.11. The van der Waals surface area contributed by atoms with E-state index in [1.165, 1.54) is 7.11 Å². The minimum absolute atomic E-state index is 0.320. The van der Waals surface area contributed by atoms with E-state index in [1.807, 2.05) is 42.5 Å². The van der Waals surface area contributed by atoms with E-state index in [9.17, 15) is 4.79 Å². The molecular formula is C24H21NO3. The predicted octanol–water partition coefficient (Wildman–Crippen LogP) is 5.06. The number of aromatic nitrogens is 1. The molecule has 4 heteroatoms. The zero-order chi connectivity index (χ0) is 19.3. The molecule has 0 aliphatic carbocycles. The first kappa shape index (κ1) is 17.9. The summed E-state index contributed by atoms with van der Waals surface area (Å²) in [5.74, 6) is 0.529. The van der Waals surface area contributed by atoms with Gasteiger partial charge in [-0.25, -0.2) is 4.79 Å². The van der Waals surface area contributed by atoms with Crippen LogP contribution < -0.4 is 4.74 Å². The first-order valence-electron chi connectivity index (χ1n) is 9.16. The molecule has 0 saturated carbocycles. The SMILES string of the molecule is COC(=O)c1cccc(Cn2ccc3cc(OCc4ccccc4)ccc32)c1. The van der Waals surface area contributed by atoms with Gasteiger partial charge in [0.2, 0.25) is 0 Å². The number of hydrogen-bond acceptors (Lipinski definition) is 3. The second kappa shape index (κ2) is 8.01. The van der Waals surface area contributed by atoms with Crippen LogP contribution in [0.2, 0.25) is 0 Å². The summed E-state index contributed by atoms with van der Waals surface area (Å²) in [6.45, 7) is 1.23. The maximum absolute atomic E-state index is 11.7. The van der Waals surface area contributed by atoms with Crippen molar-refractivity contribution in [1.29, 1.82) is 0 Å². The Balaban J connectivity index is 1.51. The molecule has 0 aliphatic rings. The molecule has 1 aromatic heterocycles. The van der Waals surface area contributed by atoms with Crippen LogP contribution in [-0.4, -0.2) is 17.6 Å². The van der Waals surface area contributed by atoms with Crippen LogP contribution in [0.4, 0.5) is 0 Å². The highest BCUT2D eigenvalue weighted by Crippen LogP contribution is 2.24. The lowest BCUT2D eigenvalue weighted by molar-refractivity contribution is 0.0600. The summed E-state index contributed by atoms with van der Waals surface area (Å²) in [6.07, 6.45) is 2.05. The number of ether oxygens (including phenoxy) is 2. The molecule has 4 nitrogen and oxygen atoms in total. The molecule has 3 aromatic carbocycles. The number of esters is 1. The van der Waals surface area contributed by atoms with Gasteiger partial charge in [-0.1, -0.05) is 42.5 Å². The van der Waals surface area contributed by atoms with E-state index in [0.29, 0.717) is 18.7 Å². The number of hydrogen-bond donors (Lipinski definition) is 0. The normalized spacial score (nSPS) is 10.8. The summed E-state index contributed by atoms with van der Waals surface area (Å²) in [4.78, 5) is 11.7. The van der Waals surface area contributed by atoms with Crippen molar-refractivity contribution >= 4 is 16.9 Å². The second-order valence-electron chi connectivity index (χ2n) is 6.63. The number of benzene rings is 3. The molecule has 0 saturated heterocycles. The average Bonchev–Trinajstić information content (AvgIpc) is 3.14. The Bertz CT molecular complexity index is 1100. The van der Waals surface area contributed by atoms with Gasteiger partial charge in [0.1, 0.15) is 12.4 Å². The van der Waals surface area contributed by atoms with Crippen LogP contribution in [0.1, 0.15) is 21.5 Å². The van der Waals surface area contributed by atoms with Gasteiger partial charge in [-0.3, -0.25) is 0 Å². The van der Waals surface area contributed by atoms with Crippen molar-refractivity contribution in [2.24, 2.45) is 0 Å². The van der Waals surface area contributed by atoms with Crippen molar-refractivity contribution in [1.82, 2.24) is 4.57 Å². The molecular weight excluding hydrogens is 350 g/mol. The zero-order valence-electron chi connectivity index (χ0n) is 15.7. The van der Waals surface area contributed by atoms with Gasteiger partial charge in [0.05, 0.1) is 12.7 Å². The van der Waals surface area contributed by atoms with Crippen LogP contribution in [0.5, 0.6) is 5.75 Å². The van der Waals surface area contributed by atoms with E-state index >= 15 is 0 Å². The third-order valence-corrected chi connectivity index (χ3v) is 4.69. The van der Waals surface area contributed by atoms with Crippen LogP contribution >= 0.6 is 0 Å². The number of rotatable bonds is 6. The van der Waals surface area contributed by atoms with E-state index in [2.05, 4.69) is 41.1 Å². The third-order valence-electron chi connectivity index (χ3n) is 4.69. The largest absolute Gasteiger partial charge is 0.489 e. The average molecular weight is 371 g/mol. The van der Waals surface area contributed by atoms with Crippen LogP contribution in [-0.2, 0) is 17.9 Å². The Morgan fingerprint density at radius 1 is 0.893 bits per heavy atom. The number of methoxy groups -OCH3 is 1. The van der Waals surface area contributed by atoms with Gasteiger partial charge < -0.3 is 14.0 Å². The summed E-state index contributed by atoms with van der Waals surface area (Å²) in [5.41, 5.74) is 3.87. The highest BCUT2D eigenvalue weighted by molar-refractivity contribution is 5.89. The molecule has 0 unspecified atom stereocenters. The Labute approximate surface area is 163 Å². The molecule has 0 fully saturated rings. The Hall–Kier alpha value is -3.53. The van der Waals surface area contributed by atoms with Gasteiger partial charge in [-0.2, -0.15) is 0 Å².